The van der Waals surface area contributed by atoms with Gasteiger partial charge in [-0.25, -0.2) is 0 Å². The largest absolute Gasteiger partial charge is 0.481 e. The third-order valence-corrected chi connectivity index (χ3v) is 0.940. The van der Waals surface area contributed by atoms with Gasteiger partial charge < -0.3 is 5.11 Å². The molecule has 0 bridgehead atoms. The van der Waals surface area contributed by atoms with Crippen molar-refractivity contribution >= 4 is 5.97 Å². The minimum Gasteiger partial charge on any atom is -0.481 e. The van der Waals surface area contributed by atoms with Gasteiger partial charge in [0.05, 0.1) is 0 Å². The summed E-state index contributed by atoms with van der Waals surface area (Å²) in [5, 5.41) is 7.42. The fraction of sp³-hybridized carbons (Fsp3) is 0.364. The molecule has 0 spiro atoms. The molecular weight excluding hydrogens is 253 g/mol. The van der Waals surface area contributed by atoms with Gasteiger partial charge in [0, 0.05) is 39.6 Å². The zero-order chi connectivity index (χ0) is 10.7. The normalized spacial score (nSPS) is 6.57. The molecule has 0 unspecified atom stereocenters. The molecule has 0 fully saturated rings. The maximum absolute atomic E-state index is 9.00. The van der Waals surface area contributed by atoms with Crippen LogP contribution in [0.2, 0.25) is 0 Å². The van der Waals surface area contributed by atoms with E-state index in [1.807, 2.05) is 32.0 Å². The molecule has 1 radical (unpaired) electrons. The van der Waals surface area contributed by atoms with Crippen LogP contribution in [0.1, 0.15) is 26.3 Å². The molecule has 1 rings (SSSR count). The standard InChI is InChI=1S/C7H8.C2H4O2.C2H6.Y/c1-7-5-3-2-4-6-7;1-2(3)4;1-2;/h2-6H,1H3;1H3,(H,3,4);1-2H3;. The van der Waals surface area contributed by atoms with Crippen LogP contribution < -0.4 is 0 Å². The van der Waals surface area contributed by atoms with E-state index in [9.17, 15) is 0 Å². The number of carboxylic acids is 1. The van der Waals surface area contributed by atoms with Crippen molar-refractivity contribution in [3.8, 4) is 0 Å². The van der Waals surface area contributed by atoms with Crippen LogP contribution in [0.15, 0.2) is 30.3 Å². The molecule has 3 heteroatoms. The number of aryl methyl sites for hydroxylation is 1. The topological polar surface area (TPSA) is 37.3 Å². The second-order valence-electron chi connectivity index (χ2n) is 2.17. The summed E-state index contributed by atoms with van der Waals surface area (Å²) < 4.78 is 0. The van der Waals surface area contributed by atoms with Gasteiger partial charge in [0.2, 0.25) is 0 Å². The molecule has 0 atom stereocenters. The number of hydrogen-bond donors (Lipinski definition) is 1. The van der Waals surface area contributed by atoms with Crippen molar-refractivity contribution in [3.05, 3.63) is 35.9 Å². The molecular formula is C11H18O2Y. The van der Waals surface area contributed by atoms with Gasteiger partial charge >= 0.3 is 0 Å². The van der Waals surface area contributed by atoms with Crippen molar-refractivity contribution in [3.63, 3.8) is 0 Å². The number of hydrogen-bond acceptors (Lipinski definition) is 1. The Hall–Kier alpha value is -0.206. The first-order valence-corrected chi connectivity index (χ1v) is 4.34. The molecule has 1 aromatic carbocycles. The first kappa shape index (κ1) is 19.4. The van der Waals surface area contributed by atoms with E-state index in [2.05, 4.69) is 19.1 Å². The molecule has 0 aliphatic carbocycles. The molecule has 2 nitrogen and oxygen atoms in total. The Labute approximate surface area is 112 Å². The maximum atomic E-state index is 9.00. The van der Waals surface area contributed by atoms with Gasteiger partial charge in [0.25, 0.3) is 5.97 Å². The molecule has 14 heavy (non-hydrogen) atoms. The predicted molar refractivity (Wildman–Crippen MR) is 55.8 cm³/mol. The van der Waals surface area contributed by atoms with E-state index in [4.69, 9.17) is 9.90 Å². The van der Waals surface area contributed by atoms with Gasteiger partial charge in [-0.15, -0.1) is 0 Å². The summed E-state index contributed by atoms with van der Waals surface area (Å²) in [6.45, 7) is 7.17. The van der Waals surface area contributed by atoms with Crippen LogP contribution in [0.3, 0.4) is 0 Å². The van der Waals surface area contributed by atoms with Gasteiger partial charge in [-0.3, -0.25) is 4.79 Å². The monoisotopic (exact) mass is 271 g/mol. The van der Waals surface area contributed by atoms with Crippen molar-refractivity contribution in [1.82, 2.24) is 0 Å². The number of aliphatic carboxylic acids is 1. The van der Waals surface area contributed by atoms with Crippen LogP contribution in [-0.4, -0.2) is 11.1 Å². The Bertz CT molecular complexity index is 206. The Balaban J connectivity index is -0.000000152. The zero-order valence-electron chi connectivity index (χ0n) is 9.32. The summed E-state index contributed by atoms with van der Waals surface area (Å²) in [5.41, 5.74) is 1.32. The summed E-state index contributed by atoms with van der Waals surface area (Å²) in [4.78, 5) is 9.00. The summed E-state index contributed by atoms with van der Waals surface area (Å²) in [5.74, 6) is -0.833. The maximum Gasteiger partial charge on any atom is 0.300 e. The Morgan fingerprint density at radius 2 is 1.43 bits per heavy atom. The van der Waals surface area contributed by atoms with Gasteiger partial charge in [-0.05, 0) is 6.92 Å². The van der Waals surface area contributed by atoms with Crippen LogP contribution in [0.25, 0.3) is 0 Å². The summed E-state index contributed by atoms with van der Waals surface area (Å²) >= 11 is 0. The molecule has 1 N–H and O–H groups in total. The van der Waals surface area contributed by atoms with Gasteiger partial charge in [0.15, 0.2) is 0 Å². The van der Waals surface area contributed by atoms with E-state index in [1.54, 1.807) is 0 Å². The number of benzene rings is 1. The average molecular weight is 271 g/mol. The average Bonchev–Trinajstić information content (AvgIpc) is 2.08. The van der Waals surface area contributed by atoms with Crippen molar-refractivity contribution in [1.29, 1.82) is 0 Å². The number of rotatable bonds is 0. The van der Waals surface area contributed by atoms with E-state index >= 15 is 0 Å². The quantitative estimate of drug-likeness (QED) is 0.787. The summed E-state index contributed by atoms with van der Waals surface area (Å²) in [6, 6.07) is 10.3. The number of carbonyl (C=O) groups is 1. The van der Waals surface area contributed by atoms with Crippen LogP contribution in [0.5, 0.6) is 0 Å². The fourth-order valence-corrected chi connectivity index (χ4v) is 0.534. The molecule has 0 saturated heterocycles. The minimum absolute atomic E-state index is 0. The molecule has 0 aromatic heterocycles. The van der Waals surface area contributed by atoms with E-state index < -0.39 is 5.97 Å². The van der Waals surface area contributed by atoms with E-state index in [1.165, 1.54) is 5.56 Å². The molecule has 0 aliphatic rings. The molecule has 0 aliphatic heterocycles. The Morgan fingerprint density at radius 1 is 1.14 bits per heavy atom. The van der Waals surface area contributed by atoms with Crippen molar-refractivity contribution in [2.75, 3.05) is 0 Å². The first-order valence-electron chi connectivity index (χ1n) is 4.34. The van der Waals surface area contributed by atoms with Crippen LogP contribution in [0.4, 0.5) is 0 Å². The summed E-state index contributed by atoms with van der Waals surface area (Å²) in [6.07, 6.45) is 0. The van der Waals surface area contributed by atoms with Gasteiger partial charge in [0.1, 0.15) is 0 Å². The molecule has 0 saturated carbocycles. The number of carboxylic acid groups (broad SMARTS) is 1. The van der Waals surface area contributed by atoms with Gasteiger partial charge in [-0.1, -0.05) is 49.7 Å². The zero-order valence-corrected chi connectivity index (χ0v) is 12.2. The van der Waals surface area contributed by atoms with Crippen molar-refractivity contribution < 1.29 is 42.6 Å². The molecule has 0 heterocycles. The molecule has 77 valence electrons. The van der Waals surface area contributed by atoms with Gasteiger partial charge in [-0.2, -0.15) is 0 Å². The smallest absolute Gasteiger partial charge is 0.300 e. The summed E-state index contributed by atoms with van der Waals surface area (Å²) in [7, 11) is 0. The second-order valence-corrected chi connectivity index (χ2v) is 2.17. The molecule has 1 aromatic rings. The van der Waals surface area contributed by atoms with E-state index in [-0.39, 0.29) is 32.7 Å². The molecule has 0 amide bonds. The Kier molecular flexibility index (Phi) is 21.1. The van der Waals surface area contributed by atoms with Crippen molar-refractivity contribution in [2.45, 2.75) is 27.7 Å². The minimum atomic E-state index is -0.833. The Morgan fingerprint density at radius 3 is 1.57 bits per heavy atom. The SMILES string of the molecule is CC.CC(=O)O.Cc1ccccc1.[Y]. The van der Waals surface area contributed by atoms with Crippen molar-refractivity contribution in [2.24, 2.45) is 0 Å². The van der Waals surface area contributed by atoms with Crippen LogP contribution in [-0.2, 0) is 37.5 Å². The second kappa shape index (κ2) is 15.3. The van der Waals surface area contributed by atoms with E-state index in [0.717, 1.165) is 6.92 Å². The van der Waals surface area contributed by atoms with E-state index in [0.29, 0.717) is 0 Å². The van der Waals surface area contributed by atoms with Crippen LogP contribution in [0, 0.1) is 6.92 Å². The predicted octanol–water partition coefficient (Wildman–Crippen LogP) is 3.11. The fourth-order valence-electron chi connectivity index (χ4n) is 0.534. The van der Waals surface area contributed by atoms with Crippen LogP contribution >= 0.6 is 0 Å². The third kappa shape index (κ3) is 22.6. The first-order chi connectivity index (χ1) is 6.13. The third-order valence-electron chi connectivity index (χ3n) is 0.940.